The summed E-state index contributed by atoms with van der Waals surface area (Å²) in [5.41, 5.74) is 5.52. The second kappa shape index (κ2) is 4.16. The third-order valence-electron chi connectivity index (χ3n) is 3.46. The van der Waals surface area contributed by atoms with Gasteiger partial charge in [0.15, 0.2) is 0 Å². The molecule has 0 aromatic carbocycles. The van der Waals surface area contributed by atoms with Crippen LogP contribution in [0.5, 0.6) is 0 Å². The third-order valence-corrected chi connectivity index (χ3v) is 4.80. The van der Waals surface area contributed by atoms with E-state index >= 15 is 0 Å². The van der Waals surface area contributed by atoms with Gasteiger partial charge in [0.25, 0.3) is 10.1 Å². The predicted molar refractivity (Wildman–Crippen MR) is 55.4 cm³/mol. The molecule has 1 fully saturated rings. The average Bonchev–Trinajstić information content (AvgIpc) is 2.07. The maximum absolute atomic E-state index is 11.1. The molecule has 1 saturated carbocycles. The van der Waals surface area contributed by atoms with Crippen molar-refractivity contribution in [1.29, 1.82) is 0 Å². The van der Waals surface area contributed by atoms with Gasteiger partial charge in [0.1, 0.15) is 0 Å². The Morgan fingerprint density at radius 3 is 2.21 bits per heavy atom. The molecule has 3 N–H and O–H groups in total. The van der Waals surface area contributed by atoms with Crippen LogP contribution in [0.1, 0.15) is 26.7 Å². The third kappa shape index (κ3) is 2.46. The number of hydrogen-bond acceptors (Lipinski definition) is 3. The lowest BCUT2D eigenvalue weighted by Crippen LogP contribution is -2.41. The second-order valence-electron chi connectivity index (χ2n) is 4.48. The lowest BCUT2D eigenvalue weighted by Gasteiger charge is -2.36. The smallest absolute Gasteiger partial charge is 0.268 e. The van der Waals surface area contributed by atoms with Crippen LogP contribution in [-0.2, 0) is 10.1 Å². The maximum atomic E-state index is 11.1. The molecule has 0 saturated heterocycles. The van der Waals surface area contributed by atoms with Gasteiger partial charge >= 0.3 is 0 Å². The lowest BCUT2D eigenvalue weighted by molar-refractivity contribution is 0.209. The maximum Gasteiger partial charge on any atom is 0.268 e. The van der Waals surface area contributed by atoms with E-state index in [1.807, 2.05) is 6.92 Å². The first-order chi connectivity index (χ1) is 6.36. The minimum absolute atomic E-state index is 0.0869. The molecule has 4 atom stereocenters. The molecule has 0 spiro atoms. The van der Waals surface area contributed by atoms with E-state index < -0.39 is 15.4 Å². The SMILES string of the molecule is CC1CC(CN)C(S(=O)(=O)O)CC1C. The van der Waals surface area contributed by atoms with Crippen molar-refractivity contribution >= 4 is 10.1 Å². The average molecular weight is 221 g/mol. The highest BCUT2D eigenvalue weighted by atomic mass is 32.2. The lowest BCUT2D eigenvalue weighted by atomic mass is 9.75. The van der Waals surface area contributed by atoms with Crippen molar-refractivity contribution in [2.24, 2.45) is 23.5 Å². The van der Waals surface area contributed by atoms with Gasteiger partial charge in [-0.1, -0.05) is 13.8 Å². The second-order valence-corrected chi connectivity index (χ2v) is 6.11. The van der Waals surface area contributed by atoms with E-state index in [1.165, 1.54) is 0 Å². The summed E-state index contributed by atoms with van der Waals surface area (Å²) in [7, 11) is -3.92. The van der Waals surface area contributed by atoms with Crippen LogP contribution >= 0.6 is 0 Å². The van der Waals surface area contributed by atoms with Crippen molar-refractivity contribution in [2.75, 3.05) is 6.54 Å². The van der Waals surface area contributed by atoms with Crippen molar-refractivity contribution in [3.63, 3.8) is 0 Å². The van der Waals surface area contributed by atoms with Gasteiger partial charge in [-0.05, 0) is 37.1 Å². The molecule has 0 radical (unpaired) electrons. The Morgan fingerprint density at radius 1 is 1.29 bits per heavy atom. The first kappa shape index (κ1) is 11.9. The van der Waals surface area contributed by atoms with E-state index in [4.69, 9.17) is 10.3 Å². The Bertz CT molecular complexity index is 288. The molecule has 14 heavy (non-hydrogen) atoms. The summed E-state index contributed by atoms with van der Waals surface area (Å²) < 4.78 is 31.3. The molecule has 0 aromatic rings. The Labute approximate surface area is 85.6 Å². The Kier molecular flexibility index (Phi) is 3.55. The molecule has 4 unspecified atom stereocenters. The van der Waals surface area contributed by atoms with Crippen LogP contribution in [0.15, 0.2) is 0 Å². The van der Waals surface area contributed by atoms with Gasteiger partial charge in [0.2, 0.25) is 0 Å². The summed E-state index contributed by atoms with van der Waals surface area (Å²) in [5, 5.41) is -0.654. The highest BCUT2D eigenvalue weighted by molar-refractivity contribution is 7.86. The van der Waals surface area contributed by atoms with Crippen molar-refractivity contribution in [2.45, 2.75) is 31.9 Å². The van der Waals surface area contributed by atoms with E-state index in [9.17, 15) is 8.42 Å². The molecule has 84 valence electrons. The van der Waals surface area contributed by atoms with Crippen LogP contribution in [0.3, 0.4) is 0 Å². The fourth-order valence-corrected chi connectivity index (χ4v) is 3.52. The van der Waals surface area contributed by atoms with E-state index in [0.29, 0.717) is 24.8 Å². The van der Waals surface area contributed by atoms with Gasteiger partial charge in [-0.2, -0.15) is 8.42 Å². The molecule has 1 aliphatic carbocycles. The number of rotatable bonds is 2. The highest BCUT2D eigenvalue weighted by Gasteiger charge is 2.38. The summed E-state index contributed by atoms with van der Waals surface area (Å²) in [6, 6.07) is 0. The molecule has 0 aromatic heterocycles. The topological polar surface area (TPSA) is 80.4 Å². The molecule has 0 amide bonds. The molecular weight excluding hydrogens is 202 g/mol. The van der Waals surface area contributed by atoms with Gasteiger partial charge in [-0.25, -0.2) is 0 Å². The first-order valence-corrected chi connectivity index (χ1v) is 6.53. The van der Waals surface area contributed by atoms with Crippen LogP contribution in [0.2, 0.25) is 0 Å². The first-order valence-electron chi connectivity index (χ1n) is 5.02. The van der Waals surface area contributed by atoms with Crippen molar-refractivity contribution in [1.82, 2.24) is 0 Å². The Balaban J connectivity index is 2.83. The van der Waals surface area contributed by atoms with E-state index in [1.54, 1.807) is 0 Å². The molecule has 1 aliphatic rings. The molecule has 5 heteroatoms. The molecule has 0 aliphatic heterocycles. The van der Waals surface area contributed by atoms with E-state index in [-0.39, 0.29) is 5.92 Å². The quantitative estimate of drug-likeness (QED) is 0.678. The standard InChI is InChI=1S/C9H19NO3S/c1-6-3-8(5-10)9(4-7(6)2)14(11,12)13/h6-9H,3-5,10H2,1-2H3,(H,11,12,13). The minimum Gasteiger partial charge on any atom is -0.330 e. The highest BCUT2D eigenvalue weighted by Crippen LogP contribution is 2.36. The normalized spacial score (nSPS) is 39.7. The molecule has 0 heterocycles. The van der Waals surface area contributed by atoms with Gasteiger partial charge in [-0.15, -0.1) is 0 Å². The van der Waals surface area contributed by atoms with E-state index in [0.717, 1.165) is 6.42 Å². The predicted octanol–water partition coefficient (Wildman–Crippen LogP) is 0.884. The summed E-state index contributed by atoms with van der Waals surface area (Å²) in [5.74, 6) is 0.738. The Hall–Kier alpha value is -0.130. The van der Waals surface area contributed by atoms with Gasteiger partial charge < -0.3 is 5.73 Å². The van der Waals surface area contributed by atoms with Crippen LogP contribution in [0, 0.1) is 17.8 Å². The zero-order valence-electron chi connectivity index (χ0n) is 8.68. The fourth-order valence-electron chi connectivity index (χ4n) is 2.27. The number of nitrogens with two attached hydrogens (primary N) is 1. The van der Waals surface area contributed by atoms with Crippen molar-refractivity contribution < 1.29 is 13.0 Å². The fraction of sp³-hybridized carbons (Fsp3) is 1.00. The minimum atomic E-state index is -3.92. The largest absolute Gasteiger partial charge is 0.330 e. The molecule has 1 rings (SSSR count). The van der Waals surface area contributed by atoms with Crippen LogP contribution in [0.4, 0.5) is 0 Å². The molecule has 0 bridgehead atoms. The van der Waals surface area contributed by atoms with Gasteiger partial charge in [0.05, 0.1) is 5.25 Å². The molecular formula is C9H19NO3S. The summed E-state index contributed by atoms with van der Waals surface area (Å²) in [6.07, 6.45) is 1.32. The summed E-state index contributed by atoms with van der Waals surface area (Å²) in [6.45, 7) is 4.46. The van der Waals surface area contributed by atoms with Gasteiger partial charge in [-0.3, -0.25) is 4.55 Å². The van der Waals surface area contributed by atoms with E-state index in [2.05, 4.69) is 6.92 Å². The van der Waals surface area contributed by atoms with Gasteiger partial charge in [0, 0.05) is 0 Å². The number of hydrogen-bond donors (Lipinski definition) is 2. The zero-order chi connectivity index (χ0) is 10.9. The van der Waals surface area contributed by atoms with Crippen LogP contribution in [0.25, 0.3) is 0 Å². The zero-order valence-corrected chi connectivity index (χ0v) is 9.50. The molecule has 4 nitrogen and oxygen atoms in total. The van der Waals surface area contributed by atoms with Crippen molar-refractivity contribution in [3.05, 3.63) is 0 Å². The van der Waals surface area contributed by atoms with Crippen LogP contribution in [-0.4, -0.2) is 24.8 Å². The Morgan fingerprint density at radius 2 is 1.79 bits per heavy atom. The summed E-state index contributed by atoms with van der Waals surface area (Å²) in [4.78, 5) is 0. The van der Waals surface area contributed by atoms with Crippen molar-refractivity contribution in [3.8, 4) is 0 Å². The van der Waals surface area contributed by atoms with Crippen LogP contribution < -0.4 is 5.73 Å². The monoisotopic (exact) mass is 221 g/mol. The summed E-state index contributed by atoms with van der Waals surface area (Å²) >= 11 is 0.